The first-order valence-electron chi connectivity index (χ1n) is 6.93. The van der Waals surface area contributed by atoms with Crippen LogP contribution < -0.4 is 19.9 Å². The van der Waals surface area contributed by atoms with Crippen LogP contribution in [0.1, 0.15) is 15.9 Å². The summed E-state index contributed by atoms with van der Waals surface area (Å²) in [5.41, 5.74) is 1.57. The maximum Gasteiger partial charge on any atom is 0.255 e. The van der Waals surface area contributed by atoms with Crippen LogP contribution in [0.3, 0.4) is 0 Å². The Hall–Kier alpha value is -2.58. The molecule has 0 aliphatic rings. The third kappa shape index (κ3) is 3.84. The fourth-order valence-corrected chi connectivity index (χ4v) is 2.66. The van der Waals surface area contributed by atoms with E-state index in [1.165, 1.54) is 38.5 Å². The minimum absolute atomic E-state index is 0.0285. The number of benzene rings is 2. The van der Waals surface area contributed by atoms with Crippen LogP contribution in [0.4, 0.5) is 5.69 Å². The van der Waals surface area contributed by atoms with E-state index >= 15 is 0 Å². The van der Waals surface area contributed by atoms with Crippen molar-refractivity contribution in [2.24, 2.45) is 5.14 Å². The van der Waals surface area contributed by atoms with Crippen LogP contribution in [0.25, 0.3) is 0 Å². The molecule has 0 saturated heterocycles. The number of carbonyl (C=O) groups is 1. The molecule has 0 aromatic heterocycles. The number of hydrogen-bond donors (Lipinski definition) is 2. The number of carbonyl (C=O) groups excluding carboxylic acids is 1. The van der Waals surface area contributed by atoms with E-state index in [4.69, 9.17) is 14.6 Å². The number of hydrogen-bond acceptors (Lipinski definition) is 5. The van der Waals surface area contributed by atoms with Gasteiger partial charge in [-0.3, -0.25) is 4.79 Å². The molecule has 0 saturated carbocycles. The number of methoxy groups -OCH3 is 2. The van der Waals surface area contributed by atoms with Crippen LogP contribution in [0.5, 0.6) is 11.5 Å². The number of sulfonamides is 1. The summed E-state index contributed by atoms with van der Waals surface area (Å²) in [6.45, 7) is 1.82. The van der Waals surface area contributed by atoms with Gasteiger partial charge in [-0.25, -0.2) is 13.6 Å². The second kappa shape index (κ2) is 6.90. The summed E-state index contributed by atoms with van der Waals surface area (Å²) in [5, 5.41) is 7.71. The first-order valence-corrected chi connectivity index (χ1v) is 8.47. The number of ether oxygens (including phenoxy) is 2. The van der Waals surface area contributed by atoms with Crippen molar-refractivity contribution in [2.75, 3.05) is 19.5 Å². The summed E-state index contributed by atoms with van der Waals surface area (Å²) < 4.78 is 32.9. The molecule has 0 heterocycles. The van der Waals surface area contributed by atoms with Gasteiger partial charge >= 0.3 is 0 Å². The highest BCUT2D eigenvalue weighted by Crippen LogP contribution is 2.29. The lowest BCUT2D eigenvalue weighted by Crippen LogP contribution is -2.14. The molecule has 0 radical (unpaired) electrons. The minimum Gasteiger partial charge on any atom is -0.496 e. The van der Waals surface area contributed by atoms with Gasteiger partial charge < -0.3 is 14.8 Å². The van der Waals surface area contributed by atoms with E-state index in [-0.39, 0.29) is 10.8 Å². The van der Waals surface area contributed by atoms with E-state index in [9.17, 15) is 13.2 Å². The molecule has 0 bridgehead atoms. The van der Waals surface area contributed by atoms with Crippen molar-refractivity contribution in [2.45, 2.75) is 11.8 Å². The summed E-state index contributed by atoms with van der Waals surface area (Å²) in [7, 11) is -0.750. The summed E-state index contributed by atoms with van der Waals surface area (Å²) >= 11 is 0. The molecule has 0 atom stereocenters. The standard InChI is InChI=1S/C16H18N2O5S/c1-10-14(22-2)8-11(9-15(10)23-3)16(19)18-12-4-6-13(7-5-12)24(17,20)21/h4-9H,1-3H3,(H,18,19)(H2,17,20,21). The third-order valence-corrected chi connectivity index (χ3v) is 4.38. The Morgan fingerprint density at radius 2 is 1.54 bits per heavy atom. The summed E-state index contributed by atoms with van der Waals surface area (Å²) in [4.78, 5) is 12.3. The summed E-state index contributed by atoms with van der Waals surface area (Å²) in [6.07, 6.45) is 0. The molecule has 8 heteroatoms. The highest BCUT2D eigenvalue weighted by atomic mass is 32.2. The molecular formula is C16H18N2O5S. The molecule has 0 unspecified atom stereocenters. The lowest BCUT2D eigenvalue weighted by Gasteiger charge is -2.13. The van der Waals surface area contributed by atoms with Gasteiger partial charge in [0.15, 0.2) is 0 Å². The number of rotatable bonds is 5. The fraction of sp³-hybridized carbons (Fsp3) is 0.188. The normalized spacial score (nSPS) is 11.0. The zero-order valence-corrected chi connectivity index (χ0v) is 14.3. The number of nitrogens with one attached hydrogen (secondary N) is 1. The SMILES string of the molecule is COc1cc(C(=O)Nc2ccc(S(N)(=O)=O)cc2)cc(OC)c1C. The number of amides is 1. The van der Waals surface area contributed by atoms with Crippen LogP contribution in [0.15, 0.2) is 41.3 Å². The van der Waals surface area contributed by atoms with Crippen LogP contribution in [-0.4, -0.2) is 28.5 Å². The number of primary sulfonamides is 1. The molecule has 0 aliphatic heterocycles. The van der Waals surface area contributed by atoms with E-state index < -0.39 is 10.0 Å². The van der Waals surface area contributed by atoms with E-state index in [2.05, 4.69) is 5.32 Å². The molecule has 2 aromatic carbocycles. The fourth-order valence-electron chi connectivity index (χ4n) is 2.15. The topological polar surface area (TPSA) is 108 Å². The maximum atomic E-state index is 12.4. The quantitative estimate of drug-likeness (QED) is 0.856. The average molecular weight is 350 g/mol. The zero-order chi connectivity index (χ0) is 17.9. The smallest absolute Gasteiger partial charge is 0.255 e. The molecule has 0 aliphatic carbocycles. The first kappa shape index (κ1) is 17.8. The molecule has 128 valence electrons. The van der Waals surface area contributed by atoms with Gasteiger partial charge in [0.2, 0.25) is 10.0 Å². The Labute approximate surface area is 140 Å². The molecule has 0 spiro atoms. The van der Waals surface area contributed by atoms with Crippen molar-refractivity contribution in [3.8, 4) is 11.5 Å². The van der Waals surface area contributed by atoms with E-state index in [0.29, 0.717) is 22.7 Å². The van der Waals surface area contributed by atoms with E-state index in [1.54, 1.807) is 12.1 Å². The van der Waals surface area contributed by atoms with E-state index in [0.717, 1.165) is 5.56 Å². The largest absolute Gasteiger partial charge is 0.496 e. The van der Waals surface area contributed by atoms with Gasteiger partial charge in [0.25, 0.3) is 5.91 Å². The van der Waals surface area contributed by atoms with Crippen molar-refractivity contribution in [1.82, 2.24) is 0 Å². The Morgan fingerprint density at radius 1 is 1.04 bits per heavy atom. The van der Waals surface area contributed by atoms with Gasteiger partial charge in [0.05, 0.1) is 19.1 Å². The number of anilines is 1. The van der Waals surface area contributed by atoms with Gasteiger partial charge in [-0.2, -0.15) is 0 Å². The van der Waals surface area contributed by atoms with Gasteiger partial charge in [-0.15, -0.1) is 0 Å². The van der Waals surface area contributed by atoms with Crippen LogP contribution in [0.2, 0.25) is 0 Å². The maximum absolute atomic E-state index is 12.4. The Balaban J connectivity index is 2.27. The van der Waals surface area contributed by atoms with Crippen molar-refractivity contribution >= 4 is 21.6 Å². The Kier molecular flexibility index (Phi) is 5.10. The monoisotopic (exact) mass is 350 g/mol. The summed E-state index contributed by atoms with van der Waals surface area (Å²) in [5.74, 6) is 0.683. The second-order valence-electron chi connectivity index (χ2n) is 5.03. The second-order valence-corrected chi connectivity index (χ2v) is 6.59. The molecule has 0 fully saturated rings. The zero-order valence-electron chi connectivity index (χ0n) is 13.5. The highest BCUT2D eigenvalue weighted by molar-refractivity contribution is 7.89. The van der Waals surface area contributed by atoms with E-state index in [1.807, 2.05) is 6.92 Å². The predicted molar refractivity (Wildman–Crippen MR) is 90.1 cm³/mol. The number of nitrogens with two attached hydrogens (primary N) is 1. The molecule has 3 N–H and O–H groups in total. The minimum atomic E-state index is -3.77. The summed E-state index contributed by atoms with van der Waals surface area (Å²) in [6, 6.07) is 8.76. The van der Waals surface area contributed by atoms with Crippen molar-refractivity contribution < 1.29 is 22.7 Å². The predicted octanol–water partition coefficient (Wildman–Crippen LogP) is 1.91. The van der Waals surface area contributed by atoms with Gasteiger partial charge in [-0.1, -0.05) is 0 Å². The highest BCUT2D eigenvalue weighted by Gasteiger charge is 2.14. The van der Waals surface area contributed by atoms with Crippen molar-refractivity contribution in [1.29, 1.82) is 0 Å². The lowest BCUT2D eigenvalue weighted by molar-refractivity contribution is 0.102. The molecule has 7 nitrogen and oxygen atoms in total. The average Bonchev–Trinajstić information content (AvgIpc) is 2.54. The van der Waals surface area contributed by atoms with Gasteiger partial charge in [-0.05, 0) is 43.3 Å². The van der Waals surface area contributed by atoms with Crippen molar-refractivity contribution in [3.05, 3.63) is 47.5 Å². The molecular weight excluding hydrogens is 332 g/mol. The molecule has 24 heavy (non-hydrogen) atoms. The molecule has 2 aromatic rings. The van der Waals surface area contributed by atoms with Gasteiger partial charge in [0, 0.05) is 16.8 Å². The third-order valence-electron chi connectivity index (χ3n) is 3.46. The van der Waals surface area contributed by atoms with Crippen LogP contribution in [-0.2, 0) is 10.0 Å². The Morgan fingerprint density at radius 3 is 1.96 bits per heavy atom. The van der Waals surface area contributed by atoms with Crippen LogP contribution >= 0.6 is 0 Å². The Bertz CT molecular complexity index is 836. The molecule has 2 rings (SSSR count). The first-order chi connectivity index (χ1) is 11.3. The molecule has 1 amide bonds. The van der Waals surface area contributed by atoms with Gasteiger partial charge in [0.1, 0.15) is 11.5 Å². The van der Waals surface area contributed by atoms with Crippen LogP contribution in [0, 0.1) is 6.92 Å². The lowest BCUT2D eigenvalue weighted by atomic mass is 10.1. The van der Waals surface area contributed by atoms with Crippen molar-refractivity contribution in [3.63, 3.8) is 0 Å².